The average Bonchev–Trinajstić information content (AvgIpc) is 2.88. The minimum atomic E-state index is -0.925. The number of carboxylic acids is 1. The Morgan fingerprint density at radius 3 is 2.59 bits per heavy atom. The Hall–Kier alpha value is -1.32. The van der Waals surface area contributed by atoms with Gasteiger partial charge in [0.25, 0.3) is 0 Å². The maximum atomic E-state index is 12.3. The summed E-state index contributed by atoms with van der Waals surface area (Å²) in [5.41, 5.74) is 0. The van der Waals surface area contributed by atoms with Crippen molar-refractivity contribution in [3.63, 3.8) is 0 Å². The summed E-state index contributed by atoms with van der Waals surface area (Å²) < 4.78 is 0. The molecule has 1 N–H and O–H groups in total. The first-order valence-electron chi connectivity index (χ1n) is 6.30. The summed E-state index contributed by atoms with van der Waals surface area (Å²) >= 11 is 0. The number of hydrogen-bond acceptors (Lipinski definition) is 2. The Balaban J connectivity index is 2.01. The van der Waals surface area contributed by atoms with Crippen molar-refractivity contribution in [2.75, 3.05) is 13.1 Å². The zero-order chi connectivity index (χ0) is 12.4. The van der Waals surface area contributed by atoms with E-state index in [9.17, 15) is 9.59 Å². The fraction of sp³-hybridized carbons (Fsp3) is 0.692. The van der Waals surface area contributed by atoms with Crippen molar-refractivity contribution in [3.8, 4) is 0 Å². The van der Waals surface area contributed by atoms with Crippen molar-refractivity contribution in [1.82, 2.24) is 4.90 Å². The fourth-order valence-electron chi connectivity index (χ4n) is 3.00. The van der Waals surface area contributed by atoms with Gasteiger partial charge in [0.05, 0.1) is 0 Å². The summed E-state index contributed by atoms with van der Waals surface area (Å²) in [4.78, 5) is 24.5. The molecular weight excluding hydrogens is 218 g/mol. The van der Waals surface area contributed by atoms with Gasteiger partial charge in [0.2, 0.25) is 5.91 Å². The molecule has 2 aliphatic rings. The third kappa shape index (κ3) is 2.51. The number of fused-ring (bicyclic) bond motifs is 2. The molecule has 1 amide bonds. The van der Waals surface area contributed by atoms with Crippen LogP contribution in [0, 0.1) is 17.8 Å². The molecule has 0 aliphatic heterocycles. The first-order chi connectivity index (χ1) is 8.11. The number of allylic oxidation sites excluding steroid dienone is 2. The summed E-state index contributed by atoms with van der Waals surface area (Å²) in [6.07, 6.45) is 7.09. The molecule has 94 valence electrons. The number of carbonyl (C=O) groups is 2. The molecular formula is C13H19NO3. The number of carboxylic acid groups (broad SMARTS) is 1. The minimum absolute atomic E-state index is 0.0240. The van der Waals surface area contributed by atoms with Gasteiger partial charge in [-0.25, -0.2) is 0 Å². The molecule has 2 aliphatic carbocycles. The summed E-state index contributed by atoms with van der Waals surface area (Å²) in [6, 6.07) is 0. The topological polar surface area (TPSA) is 57.6 Å². The van der Waals surface area contributed by atoms with E-state index < -0.39 is 5.97 Å². The number of rotatable bonds is 5. The van der Waals surface area contributed by atoms with Crippen molar-refractivity contribution in [2.45, 2.75) is 26.2 Å². The molecule has 0 saturated heterocycles. The minimum Gasteiger partial charge on any atom is -0.480 e. The molecule has 0 spiro atoms. The van der Waals surface area contributed by atoms with E-state index >= 15 is 0 Å². The smallest absolute Gasteiger partial charge is 0.323 e. The number of aliphatic carboxylic acids is 1. The second-order valence-electron chi connectivity index (χ2n) is 5.04. The maximum Gasteiger partial charge on any atom is 0.323 e. The van der Waals surface area contributed by atoms with Crippen LogP contribution in [0.1, 0.15) is 26.2 Å². The molecule has 0 aromatic heterocycles. The third-order valence-electron chi connectivity index (χ3n) is 3.73. The molecule has 3 atom stereocenters. The standard InChI is InChI=1S/C13H19NO3/c1-2-5-14(8-12(15)16)13(17)11-7-9-3-4-10(11)6-9/h3-4,9-11H,2,5-8H2,1H3,(H,15,16). The highest BCUT2D eigenvalue weighted by atomic mass is 16.4. The van der Waals surface area contributed by atoms with Gasteiger partial charge in [0, 0.05) is 12.5 Å². The molecule has 1 fully saturated rings. The van der Waals surface area contributed by atoms with E-state index in [0.717, 1.165) is 19.3 Å². The van der Waals surface area contributed by atoms with Crippen LogP contribution in [0.2, 0.25) is 0 Å². The van der Waals surface area contributed by atoms with E-state index in [1.165, 1.54) is 4.90 Å². The van der Waals surface area contributed by atoms with E-state index in [0.29, 0.717) is 18.4 Å². The summed E-state index contributed by atoms with van der Waals surface area (Å²) in [7, 11) is 0. The fourth-order valence-corrected chi connectivity index (χ4v) is 3.00. The third-order valence-corrected chi connectivity index (χ3v) is 3.73. The Bertz CT molecular complexity index is 351. The predicted octanol–water partition coefficient (Wildman–Crippen LogP) is 1.52. The highest BCUT2D eigenvalue weighted by Crippen LogP contribution is 2.44. The molecule has 0 aromatic rings. The van der Waals surface area contributed by atoms with E-state index in [1.807, 2.05) is 6.92 Å². The second-order valence-corrected chi connectivity index (χ2v) is 5.04. The lowest BCUT2D eigenvalue weighted by molar-refractivity contribution is -0.146. The van der Waals surface area contributed by atoms with Gasteiger partial charge in [-0.05, 0) is 31.1 Å². The van der Waals surface area contributed by atoms with E-state index in [2.05, 4.69) is 12.2 Å². The molecule has 0 radical (unpaired) electrons. The SMILES string of the molecule is CCCN(CC(=O)O)C(=O)C1CC2C=CC1C2. The first-order valence-corrected chi connectivity index (χ1v) is 6.30. The van der Waals surface area contributed by atoms with Gasteiger partial charge in [-0.1, -0.05) is 19.1 Å². The van der Waals surface area contributed by atoms with Crippen molar-refractivity contribution < 1.29 is 14.7 Å². The number of carbonyl (C=O) groups excluding carboxylic acids is 1. The molecule has 2 bridgehead atoms. The second kappa shape index (κ2) is 4.90. The summed E-state index contributed by atoms with van der Waals surface area (Å²) in [5.74, 6) is 0.0235. The van der Waals surface area contributed by atoms with Gasteiger partial charge in [0.1, 0.15) is 6.54 Å². The molecule has 4 heteroatoms. The molecule has 0 aromatic carbocycles. The van der Waals surface area contributed by atoms with Crippen LogP contribution in [0.4, 0.5) is 0 Å². The average molecular weight is 237 g/mol. The van der Waals surface area contributed by atoms with Gasteiger partial charge in [-0.2, -0.15) is 0 Å². The first kappa shape index (κ1) is 12.1. The van der Waals surface area contributed by atoms with Crippen molar-refractivity contribution in [1.29, 1.82) is 0 Å². The Morgan fingerprint density at radius 2 is 2.12 bits per heavy atom. The van der Waals surface area contributed by atoms with Crippen LogP contribution in [0.3, 0.4) is 0 Å². The van der Waals surface area contributed by atoms with E-state index in [-0.39, 0.29) is 18.4 Å². The zero-order valence-electron chi connectivity index (χ0n) is 10.1. The lowest BCUT2D eigenvalue weighted by Gasteiger charge is -2.26. The zero-order valence-corrected chi connectivity index (χ0v) is 10.1. The van der Waals surface area contributed by atoms with Gasteiger partial charge in [-0.3, -0.25) is 9.59 Å². The van der Waals surface area contributed by atoms with Crippen LogP contribution in [0.5, 0.6) is 0 Å². The number of nitrogens with zero attached hydrogens (tertiary/aromatic N) is 1. The summed E-state index contributed by atoms with van der Waals surface area (Å²) in [6.45, 7) is 2.34. The van der Waals surface area contributed by atoms with Crippen molar-refractivity contribution in [3.05, 3.63) is 12.2 Å². The lowest BCUT2D eigenvalue weighted by atomic mass is 9.92. The molecule has 17 heavy (non-hydrogen) atoms. The van der Waals surface area contributed by atoms with Crippen molar-refractivity contribution >= 4 is 11.9 Å². The Morgan fingerprint density at radius 1 is 1.35 bits per heavy atom. The molecule has 1 saturated carbocycles. The quantitative estimate of drug-likeness (QED) is 0.738. The molecule has 3 unspecified atom stereocenters. The largest absolute Gasteiger partial charge is 0.480 e. The molecule has 0 heterocycles. The van der Waals surface area contributed by atoms with Crippen LogP contribution in [-0.4, -0.2) is 35.0 Å². The monoisotopic (exact) mass is 237 g/mol. The van der Waals surface area contributed by atoms with Gasteiger partial charge in [-0.15, -0.1) is 0 Å². The Kier molecular flexibility index (Phi) is 3.50. The van der Waals surface area contributed by atoms with Crippen LogP contribution < -0.4 is 0 Å². The molecule has 2 rings (SSSR count). The van der Waals surface area contributed by atoms with E-state index in [1.54, 1.807) is 0 Å². The van der Waals surface area contributed by atoms with Crippen LogP contribution in [0.25, 0.3) is 0 Å². The van der Waals surface area contributed by atoms with Gasteiger partial charge in [0.15, 0.2) is 0 Å². The maximum absolute atomic E-state index is 12.3. The van der Waals surface area contributed by atoms with Gasteiger partial charge >= 0.3 is 5.97 Å². The van der Waals surface area contributed by atoms with Crippen LogP contribution in [-0.2, 0) is 9.59 Å². The summed E-state index contributed by atoms with van der Waals surface area (Å²) in [5, 5.41) is 8.83. The highest BCUT2D eigenvalue weighted by Gasteiger charge is 2.41. The highest BCUT2D eigenvalue weighted by molar-refractivity contribution is 5.84. The van der Waals surface area contributed by atoms with Crippen molar-refractivity contribution in [2.24, 2.45) is 17.8 Å². The number of amides is 1. The molecule has 4 nitrogen and oxygen atoms in total. The number of hydrogen-bond donors (Lipinski definition) is 1. The van der Waals surface area contributed by atoms with E-state index in [4.69, 9.17) is 5.11 Å². The van der Waals surface area contributed by atoms with Gasteiger partial charge < -0.3 is 10.0 Å². The van der Waals surface area contributed by atoms with Crippen LogP contribution in [0.15, 0.2) is 12.2 Å². The van der Waals surface area contributed by atoms with Crippen LogP contribution >= 0.6 is 0 Å². The predicted molar refractivity (Wildman–Crippen MR) is 63.4 cm³/mol. The Labute approximate surface area is 101 Å². The normalized spacial score (nSPS) is 29.6. The lowest BCUT2D eigenvalue weighted by Crippen LogP contribution is -2.41.